The van der Waals surface area contributed by atoms with Gasteiger partial charge in [-0.1, -0.05) is 23.5 Å². The first kappa shape index (κ1) is 16.7. The third-order valence-corrected chi connectivity index (χ3v) is 4.26. The Morgan fingerprint density at radius 1 is 1.40 bits per heavy atom. The number of nitrogens with two attached hydrogens (primary N) is 2. The molecule has 0 unspecified atom stereocenters. The van der Waals surface area contributed by atoms with Crippen LogP contribution in [0.1, 0.15) is 5.69 Å². The number of anilines is 2. The number of hydrogen-bond acceptors (Lipinski definition) is 8. The van der Waals surface area contributed by atoms with E-state index in [1.54, 1.807) is 6.08 Å². The van der Waals surface area contributed by atoms with Crippen molar-refractivity contribution in [2.24, 2.45) is 5.73 Å². The second-order valence-electron chi connectivity index (χ2n) is 5.13. The number of carbonyl (C=O) groups excluding carboxylic acids is 1. The lowest BCUT2D eigenvalue weighted by atomic mass is 10.1. The van der Waals surface area contributed by atoms with Gasteiger partial charge in [-0.05, 0) is 19.1 Å². The van der Waals surface area contributed by atoms with E-state index in [0.29, 0.717) is 34.1 Å². The lowest BCUT2D eigenvalue weighted by Gasteiger charge is -2.08. The van der Waals surface area contributed by atoms with Crippen LogP contribution in [0, 0.1) is 6.92 Å². The Balaban J connectivity index is 2.25. The monoisotopic (exact) mass is 356 g/mol. The van der Waals surface area contributed by atoms with Gasteiger partial charge in [-0.2, -0.15) is 0 Å². The minimum atomic E-state index is -0.938. The van der Waals surface area contributed by atoms with Crippen molar-refractivity contribution in [3.8, 4) is 16.5 Å². The van der Waals surface area contributed by atoms with Gasteiger partial charge in [0.05, 0.1) is 16.8 Å². The van der Waals surface area contributed by atoms with Gasteiger partial charge in [0.1, 0.15) is 10.5 Å². The van der Waals surface area contributed by atoms with E-state index >= 15 is 0 Å². The molecule has 3 heterocycles. The van der Waals surface area contributed by atoms with E-state index in [9.17, 15) is 4.79 Å². The number of hydrogen-bond donors (Lipinski definition) is 3. The number of amides is 1. The third-order valence-electron chi connectivity index (χ3n) is 3.28. The lowest BCUT2D eigenvalue weighted by Crippen LogP contribution is -2.16. The number of primary amides is 1. The number of thiophene rings is 1. The zero-order chi connectivity index (χ0) is 18.0. The Bertz CT molecular complexity index is 969. The van der Waals surface area contributed by atoms with Crippen molar-refractivity contribution >= 4 is 39.3 Å². The first-order valence-electron chi connectivity index (χ1n) is 7.35. The summed E-state index contributed by atoms with van der Waals surface area (Å²) in [6.45, 7) is 6.05. The molecular weight excluding hydrogens is 340 g/mol. The molecule has 3 aromatic rings. The van der Waals surface area contributed by atoms with Gasteiger partial charge in [0, 0.05) is 12.2 Å². The zero-order valence-electron chi connectivity index (χ0n) is 13.4. The van der Waals surface area contributed by atoms with E-state index in [4.69, 9.17) is 16.2 Å². The number of ether oxygens (including phenoxy) is 1. The van der Waals surface area contributed by atoms with Crippen molar-refractivity contribution in [2.45, 2.75) is 6.92 Å². The zero-order valence-corrected chi connectivity index (χ0v) is 14.3. The molecule has 8 nitrogen and oxygen atoms in total. The molecule has 0 aliphatic carbocycles. The summed E-state index contributed by atoms with van der Waals surface area (Å²) in [6, 6.07) is 5.60. The van der Waals surface area contributed by atoms with Gasteiger partial charge < -0.3 is 21.5 Å². The molecule has 0 aliphatic rings. The van der Waals surface area contributed by atoms with Crippen LogP contribution >= 0.6 is 11.3 Å². The molecule has 128 valence electrons. The summed E-state index contributed by atoms with van der Waals surface area (Å²) < 4.78 is 4.97. The highest BCUT2D eigenvalue weighted by molar-refractivity contribution is 7.21. The molecule has 0 saturated carbocycles. The Hall–Kier alpha value is -3.20. The Kier molecular flexibility index (Phi) is 4.48. The molecule has 0 atom stereocenters. The smallest absolute Gasteiger partial charge is 0.397 e. The number of nitrogens with one attached hydrogen (secondary N) is 1. The van der Waals surface area contributed by atoms with Crippen LogP contribution in [0.4, 0.5) is 16.4 Å². The fraction of sp³-hybridized carbons (Fsp3) is 0.125. The van der Waals surface area contributed by atoms with E-state index in [1.807, 2.05) is 25.1 Å². The number of aromatic nitrogens is 3. The van der Waals surface area contributed by atoms with E-state index in [2.05, 4.69) is 26.8 Å². The summed E-state index contributed by atoms with van der Waals surface area (Å²) in [7, 11) is 0. The molecule has 3 rings (SSSR count). The molecule has 9 heteroatoms. The van der Waals surface area contributed by atoms with Gasteiger partial charge >= 0.3 is 6.09 Å². The molecule has 5 N–H and O–H groups in total. The highest BCUT2D eigenvalue weighted by atomic mass is 32.1. The number of aryl methyl sites for hydroxylation is 1. The van der Waals surface area contributed by atoms with Crippen molar-refractivity contribution in [1.29, 1.82) is 0 Å². The predicted molar refractivity (Wildman–Crippen MR) is 98.7 cm³/mol. The van der Waals surface area contributed by atoms with Crippen LogP contribution in [0.3, 0.4) is 0 Å². The molecule has 0 bridgehead atoms. The van der Waals surface area contributed by atoms with Crippen LogP contribution in [0.25, 0.3) is 21.6 Å². The van der Waals surface area contributed by atoms with E-state index in [0.717, 1.165) is 17.0 Å². The van der Waals surface area contributed by atoms with E-state index < -0.39 is 6.09 Å². The maximum absolute atomic E-state index is 11.1. The van der Waals surface area contributed by atoms with Crippen LogP contribution in [0.2, 0.25) is 0 Å². The van der Waals surface area contributed by atoms with E-state index in [1.165, 1.54) is 0 Å². The number of nitrogens with zero attached hydrogens (tertiary/aromatic N) is 3. The van der Waals surface area contributed by atoms with Gasteiger partial charge in [-0.15, -0.1) is 6.58 Å². The van der Waals surface area contributed by atoms with Gasteiger partial charge in [-0.25, -0.2) is 14.8 Å². The molecule has 0 spiro atoms. The van der Waals surface area contributed by atoms with Crippen LogP contribution in [-0.4, -0.2) is 27.6 Å². The summed E-state index contributed by atoms with van der Waals surface area (Å²) >= 11 is 1.12. The summed E-state index contributed by atoms with van der Waals surface area (Å²) in [5, 5.41) is 3.81. The van der Waals surface area contributed by atoms with Crippen molar-refractivity contribution < 1.29 is 9.53 Å². The first-order chi connectivity index (χ1) is 12.0. The maximum Gasteiger partial charge on any atom is 0.410 e. The average Bonchev–Trinajstić information content (AvgIpc) is 2.87. The molecule has 1 amide bonds. The standard InChI is InChI=1S/C16H16N6O2S/c1-3-7-19-16-21-12(9-6-4-5-8(2)20-9)10-11(17)14(24-15(18)23)25-13(10)22-16/h3-6H,1,7,17H2,2H3,(H2,18,23)(H,19,21,22). The number of rotatable bonds is 5. The van der Waals surface area contributed by atoms with Crippen molar-refractivity contribution in [3.05, 3.63) is 36.5 Å². The highest BCUT2D eigenvalue weighted by Gasteiger charge is 2.21. The molecule has 0 aromatic carbocycles. The molecule has 25 heavy (non-hydrogen) atoms. The second-order valence-corrected chi connectivity index (χ2v) is 6.10. The topological polar surface area (TPSA) is 129 Å². The van der Waals surface area contributed by atoms with Crippen molar-refractivity contribution in [3.63, 3.8) is 0 Å². The predicted octanol–water partition coefficient (Wildman–Crippen LogP) is 2.70. The van der Waals surface area contributed by atoms with Crippen LogP contribution < -0.4 is 21.5 Å². The maximum atomic E-state index is 11.1. The van der Waals surface area contributed by atoms with Gasteiger partial charge in [0.2, 0.25) is 11.0 Å². The van der Waals surface area contributed by atoms with Gasteiger partial charge in [0.15, 0.2) is 0 Å². The molecule has 0 fully saturated rings. The van der Waals surface area contributed by atoms with Crippen molar-refractivity contribution in [2.75, 3.05) is 17.6 Å². The Labute approximate surface area is 147 Å². The number of fused-ring (bicyclic) bond motifs is 1. The second kappa shape index (κ2) is 6.73. The molecular formula is C16H16N6O2S. The van der Waals surface area contributed by atoms with Gasteiger partial charge in [-0.3, -0.25) is 4.98 Å². The van der Waals surface area contributed by atoms with Crippen LogP contribution in [0.15, 0.2) is 30.9 Å². The number of carbonyl (C=O) groups is 1. The quantitative estimate of drug-likeness (QED) is 0.599. The van der Waals surface area contributed by atoms with E-state index in [-0.39, 0.29) is 10.8 Å². The lowest BCUT2D eigenvalue weighted by molar-refractivity contribution is 0.212. The molecule has 3 aromatic heterocycles. The van der Waals surface area contributed by atoms with Crippen LogP contribution in [-0.2, 0) is 0 Å². The molecule has 0 radical (unpaired) electrons. The molecule has 0 saturated heterocycles. The van der Waals surface area contributed by atoms with Crippen LogP contribution in [0.5, 0.6) is 5.06 Å². The summed E-state index contributed by atoms with van der Waals surface area (Å²) in [6.07, 6.45) is 0.759. The summed E-state index contributed by atoms with van der Waals surface area (Å²) in [4.78, 5) is 25.1. The Morgan fingerprint density at radius 3 is 2.88 bits per heavy atom. The van der Waals surface area contributed by atoms with Gasteiger partial charge in [0.25, 0.3) is 0 Å². The fourth-order valence-electron chi connectivity index (χ4n) is 2.27. The summed E-state index contributed by atoms with van der Waals surface area (Å²) in [5.41, 5.74) is 13.5. The minimum absolute atomic E-state index is 0.187. The average molecular weight is 356 g/mol. The molecule has 0 aliphatic heterocycles. The summed E-state index contributed by atoms with van der Waals surface area (Å²) in [5.74, 6) is 0.401. The minimum Gasteiger partial charge on any atom is -0.397 e. The fourth-order valence-corrected chi connectivity index (χ4v) is 3.22. The number of pyridine rings is 1. The largest absolute Gasteiger partial charge is 0.410 e. The highest BCUT2D eigenvalue weighted by Crippen LogP contribution is 2.43. The number of nitrogen functional groups attached to an aromatic ring is 1. The SMILES string of the molecule is C=CCNc1nc(-c2cccc(C)n2)c2c(N)c(OC(N)=O)sc2n1. The van der Waals surface area contributed by atoms with Crippen molar-refractivity contribution in [1.82, 2.24) is 15.0 Å². The normalized spacial score (nSPS) is 10.6. The first-order valence-corrected chi connectivity index (χ1v) is 8.17. The Morgan fingerprint density at radius 2 is 2.20 bits per heavy atom. The third kappa shape index (κ3) is 3.36.